The fraction of sp³-hybridized carbons (Fsp3) is 0.222. The van der Waals surface area contributed by atoms with E-state index in [2.05, 4.69) is 5.32 Å². The second-order valence-corrected chi connectivity index (χ2v) is 10.5. The van der Waals surface area contributed by atoms with Crippen LogP contribution >= 0.6 is 0 Å². The molecule has 1 saturated heterocycles. The second kappa shape index (κ2) is 9.44. The molecule has 174 valence electrons. The Morgan fingerprint density at radius 3 is 2.18 bits per heavy atom. The van der Waals surface area contributed by atoms with Crippen LogP contribution in [-0.4, -0.2) is 31.7 Å². The van der Waals surface area contributed by atoms with E-state index in [0.717, 1.165) is 16.5 Å². The van der Waals surface area contributed by atoms with Gasteiger partial charge < -0.3 is 9.73 Å². The monoisotopic (exact) mass is 474 g/mol. The predicted octanol–water partition coefficient (Wildman–Crippen LogP) is 4.74. The molecule has 1 unspecified atom stereocenters. The molecular formula is C27H26N2O4S. The van der Waals surface area contributed by atoms with Gasteiger partial charge in [0.2, 0.25) is 15.9 Å². The van der Waals surface area contributed by atoms with E-state index < -0.39 is 16.1 Å². The molecule has 1 aliphatic heterocycles. The highest BCUT2D eigenvalue weighted by atomic mass is 32.2. The van der Waals surface area contributed by atoms with Gasteiger partial charge in [-0.1, -0.05) is 66.7 Å². The van der Waals surface area contributed by atoms with E-state index in [9.17, 15) is 13.2 Å². The van der Waals surface area contributed by atoms with Gasteiger partial charge in [-0.2, -0.15) is 4.31 Å². The van der Waals surface area contributed by atoms with Crippen LogP contribution < -0.4 is 5.32 Å². The summed E-state index contributed by atoms with van der Waals surface area (Å²) in [5.74, 6) is 0.314. The number of nitrogens with zero attached hydrogens (tertiary/aromatic N) is 1. The van der Waals surface area contributed by atoms with Crippen LogP contribution in [0.3, 0.4) is 0 Å². The van der Waals surface area contributed by atoms with Crippen LogP contribution in [0.5, 0.6) is 0 Å². The number of rotatable bonds is 6. The van der Waals surface area contributed by atoms with Crippen molar-refractivity contribution in [1.82, 2.24) is 9.62 Å². The molecule has 0 bridgehead atoms. The summed E-state index contributed by atoms with van der Waals surface area (Å²) < 4.78 is 33.4. The quantitative estimate of drug-likeness (QED) is 0.438. The summed E-state index contributed by atoms with van der Waals surface area (Å²) in [4.78, 5) is 13.6. The van der Waals surface area contributed by atoms with Crippen molar-refractivity contribution in [3.63, 3.8) is 0 Å². The molecule has 4 aromatic rings. The molecule has 0 spiro atoms. The van der Waals surface area contributed by atoms with E-state index in [1.807, 2.05) is 60.7 Å². The van der Waals surface area contributed by atoms with Crippen molar-refractivity contribution in [1.29, 1.82) is 0 Å². The number of benzene rings is 3. The van der Waals surface area contributed by atoms with Gasteiger partial charge in [-0.05, 0) is 42.7 Å². The number of nitrogens with one attached hydrogen (secondary N) is 1. The number of sulfonamides is 1. The molecule has 34 heavy (non-hydrogen) atoms. The van der Waals surface area contributed by atoms with E-state index in [4.69, 9.17) is 4.42 Å². The Bertz CT molecular complexity index is 1340. The standard InChI is InChI=1S/C27H26N2O4S/c30-27(21-15-17-29(18-16-21)34(31,32)23-12-5-2-6-13-23)28-26(20-9-3-1-4-10-20)25-19-22-11-7-8-14-24(22)33-25/h1-14,19,21,26H,15-18H2,(H,28,30). The van der Waals surface area contributed by atoms with Crippen LogP contribution in [0.4, 0.5) is 0 Å². The third kappa shape index (κ3) is 4.49. The Balaban J connectivity index is 1.32. The molecule has 0 saturated carbocycles. The molecule has 6 nitrogen and oxygen atoms in total. The van der Waals surface area contributed by atoms with Crippen LogP contribution in [0.25, 0.3) is 11.0 Å². The molecule has 0 radical (unpaired) electrons. The largest absolute Gasteiger partial charge is 0.459 e. The molecule has 1 amide bonds. The number of fused-ring (bicyclic) bond motifs is 1. The number of piperidine rings is 1. The van der Waals surface area contributed by atoms with Crippen molar-refractivity contribution in [2.45, 2.75) is 23.8 Å². The fourth-order valence-electron chi connectivity index (χ4n) is 4.47. The molecule has 0 aliphatic carbocycles. The van der Waals surface area contributed by atoms with E-state index in [0.29, 0.717) is 31.7 Å². The molecule has 7 heteroatoms. The number of hydrogen-bond donors (Lipinski definition) is 1. The first-order valence-electron chi connectivity index (χ1n) is 11.4. The SMILES string of the molecule is O=C(NC(c1ccccc1)c1cc2ccccc2o1)C1CCN(S(=O)(=O)c2ccccc2)CC1. The first kappa shape index (κ1) is 22.4. The first-order chi connectivity index (χ1) is 16.5. The minimum Gasteiger partial charge on any atom is -0.459 e. The van der Waals surface area contributed by atoms with Gasteiger partial charge >= 0.3 is 0 Å². The van der Waals surface area contributed by atoms with Crippen molar-refractivity contribution < 1.29 is 17.6 Å². The van der Waals surface area contributed by atoms with Crippen LogP contribution in [0.15, 0.2) is 100 Å². The Labute approximate surface area is 199 Å². The lowest BCUT2D eigenvalue weighted by Crippen LogP contribution is -2.43. The first-order valence-corrected chi connectivity index (χ1v) is 12.9. The van der Waals surface area contributed by atoms with Gasteiger partial charge in [-0.25, -0.2) is 8.42 Å². The second-order valence-electron chi connectivity index (χ2n) is 8.53. The van der Waals surface area contributed by atoms with Crippen molar-refractivity contribution in [3.05, 3.63) is 102 Å². The zero-order valence-electron chi connectivity index (χ0n) is 18.6. The summed E-state index contributed by atoms with van der Waals surface area (Å²) in [6.45, 7) is 0.631. The Morgan fingerprint density at radius 1 is 0.882 bits per heavy atom. The third-order valence-electron chi connectivity index (χ3n) is 6.35. The topological polar surface area (TPSA) is 79.6 Å². The lowest BCUT2D eigenvalue weighted by atomic mass is 9.95. The summed E-state index contributed by atoms with van der Waals surface area (Å²) in [5, 5.41) is 4.14. The van der Waals surface area contributed by atoms with E-state index in [1.54, 1.807) is 30.3 Å². The maximum absolute atomic E-state index is 13.3. The molecule has 3 aromatic carbocycles. The van der Waals surface area contributed by atoms with Crippen LogP contribution in [0.1, 0.15) is 30.2 Å². The average molecular weight is 475 g/mol. The summed E-state index contributed by atoms with van der Waals surface area (Å²) in [6, 6.07) is 27.5. The van der Waals surface area contributed by atoms with Gasteiger partial charge in [0, 0.05) is 24.4 Å². The number of para-hydroxylation sites is 1. The Kier molecular flexibility index (Phi) is 6.22. The maximum atomic E-state index is 13.3. The Hall–Kier alpha value is -3.42. The number of amides is 1. The van der Waals surface area contributed by atoms with Crippen molar-refractivity contribution in [3.8, 4) is 0 Å². The minimum atomic E-state index is -3.55. The average Bonchev–Trinajstić information content (AvgIpc) is 3.32. The van der Waals surface area contributed by atoms with Gasteiger partial charge in [0.25, 0.3) is 0 Å². The molecule has 5 rings (SSSR count). The Morgan fingerprint density at radius 2 is 1.50 bits per heavy atom. The highest BCUT2D eigenvalue weighted by molar-refractivity contribution is 7.89. The fourth-order valence-corrected chi connectivity index (χ4v) is 5.96. The van der Waals surface area contributed by atoms with Crippen molar-refractivity contribution in [2.24, 2.45) is 5.92 Å². The minimum absolute atomic E-state index is 0.0916. The summed E-state index contributed by atoms with van der Waals surface area (Å²) in [7, 11) is -3.55. The number of carbonyl (C=O) groups is 1. The van der Waals surface area contributed by atoms with Crippen molar-refractivity contribution >= 4 is 26.9 Å². The van der Waals surface area contributed by atoms with Crippen molar-refractivity contribution in [2.75, 3.05) is 13.1 Å². The van der Waals surface area contributed by atoms with E-state index in [-0.39, 0.29) is 16.7 Å². The number of furan rings is 1. The predicted molar refractivity (Wildman–Crippen MR) is 131 cm³/mol. The highest BCUT2D eigenvalue weighted by Crippen LogP contribution is 2.30. The maximum Gasteiger partial charge on any atom is 0.243 e. The molecule has 1 aromatic heterocycles. The van der Waals surface area contributed by atoms with E-state index >= 15 is 0 Å². The van der Waals surface area contributed by atoms with Gasteiger partial charge in [0.15, 0.2) is 0 Å². The van der Waals surface area contributed by atoms with Gasteiger partial charge in [-0.15, -0.1) is 0 Å². The number of hydrogen-bond acceptors (Lipinski definition) is 4. The van der Waals surface area contributed by atoms with E-state index in [1.165, 1.54) is 4.31 Å². The van der Waals surface area contributed by atoms with Crippen LogP contribution in [-0.2, 0) is 14.8 Å². The summed E-state index contributed by atoms with van der Waals surface area (Å²) in [5.41, 5.74) is 1.70. The normalized spacial score (nSPS) is 16.4. The molecule has 1 atom stereocenters. The van der Waals surface area contributed by atoms with Crippen LogP contribution in [0.2, 0.25) is 0 Å². The summed E-state index contributed by atoms with van der Waals surface area (Å²) in [6.07, 6.45) is 0.944. The van der Waals surface area contributed by atoms with Crippen LogP contribution in [0, 0.1) is 5.92 Å². The molecular weight excluding hydrogens is 448 g/mol. The molecule has 1 fully saturated rings. The molecule has 2 heterocycles. The van der Waals surface area contributed by atoms with Gasteiger partial charge in [0.05, 0.1) is 4.90 Å². The summed E-state index contributed by atoms with van der Waals surface area (Å²) >= 11 is 0. The number of carbonyl (C=O) groups excluding carboxylic acids is 1. The smallest absolute Gasteiger partial charge is 0.243 e. The van der Waals surface area contributed by atoms with Gasteiger partial charge in [-0.3, -0.25) is 4.79 Å². The van der Waals surface area contributed by atoms with Gasteiger partial charge in [0.1, 0.15) is 17.4 Å². The highest BCUT2D eigenvalue weighted by Gasteiger charge is 2.33. The molecule has 1 aliphatic rings. The molecule has 1 N–H and O–H groups in total. The zero-order valence-corrected chi connectivity index (χ0v) is 19.4. The lowest BCUT2D eigenvalue weighted by Gasteiger charge is -2.31. The zero-order chi connectivity index (χ0) is 23.5. The lowest BCUT2D eigenvalue weighted by molar-refractivity contribution is -0.126. The third-order valence-corrected chi connectivity index (χ3v) is 8.27.